The van der Waals surface area contributed by atoms with Crippen LogP contribution in [0.2, 0.25) is 0 Å². The van der Waals surface area contributed by atoms with E-state index in [4.69, 9.17) is 0 Å². The first-order chi connectivity index (χ1) is 8.19. The van der Waals surface area contributed by atoms with Crippen molar-refractivity contribution in [2.45, 2.75) is 39.7 Å². The van der Waals surface area contributed by atoms with Gasteiger partial charge in [-0.3, -0.25) is 4.79 Å². The molecule has 1 amide bonds. The molecule has 1 aliphatic heterocycles. The summed E-state index contributed by atoms with van der Waals surface area (Å²) in [6, 6.07) is 0.317. The van der Waals surface area contributed by atoms with Crippen LogP contribution in [0.5, 0.6) is 0 Å². The highest BCUT2D eigenvalue weighted by Crippen LogP contribution is 2.15. The van der Waals surface area contributed by atoms with Gasteiger partial charge in [-0.1, -0.05) is 13.8 Å². The predicted octanol–water partition coefficient (Wildman–Crippen LogP) is 0.833. The summed E-state index contributed by atoms with van der Waals surface area (Å²) in [5.74, 6) is 0.373. The minimum atomic E-state index is 0.153. The number of likely N-dealkylation sites (N-methyl/N-ethyl adjacent to an activating group) is 1. The number of nitrogens with one attached hydrogen (secondary N) is 2. The Labute approximate surface area is 105 Å². The Morgan fingerprint density at radius 1 is 1.41 bits per heavy atom. The SMILES string of the molecule is CCN(CC)CCNC(=O)[C@H]1CCCN[C@H]1C. The van der Waals surface area contributed by atoms with Gasteiger partial charge in [0.2, 0.25) is 5.91 Å². The van der Waals surface area contributed by atoms with Crippen LogP contribution >= 0.6 is 0 Å². The van der Waals surface area contributed by atoms with Gasteiger partial charge in [-0.05, 0) is 39.4 Å². The van der Waals surface area contributed by atoms with Crippen LogP contribution in [0.15, 0.2) is 0 Å². The predicted molar refractivity (Wildman–Crippen MR) is 71.0 cm³/mol. The Hall–Kier alpha value is -0.610. The summed E-state index contributed by atoms with van der Waals surface area (Å²) in [5, 5.41) is 6.42. The summed E-state index contributed by atoms with van der Waals surface area (Å²) in [6.07, 6.45) is 2.13. The quantitative estimate of drug-likeness (QED) is 0.724. The van der Waals surface area contributed by atoms with E-state index in [1.54, 1.807) is 0 Å². The van der Waals surface area contributed by atoms with Crippen molar-refractivity contribution in [2.75, 3.05) is 32.7 Å². The fraction of sp³-hybridized carbons (Fsp3) is 0.923. The molecule has 1 rings (SSSR count). The Morgan fingerprint density at radius 3 is 2.71 bits per heavy atom. The maximum absolute atomic E-state index is 12.0. The number of amides is 1. The van der Waals surface area contributed by atoms with Crippen LogP contribution in [0.3, 0.4) is 0 Å². The maximum Gasteiger partial charge on any atom is 0.224 e. The van der Waals surface area contributed by atoms with Crippen molar-refractivity contribution >= 4 is 5.91 Å². The second-order valence-corrected chi connectivity index (χ2v) is 4.81. The lowest BCUT2D eigenvalue weighted by molar-refractivity contribution is -0.126. The Morgan fingerprint density at radius 2 is 2.12 bits per heavy atom. The van der Waals surface area contributed by atoms with Gasteiger partial charge in [-0.25, -0.2) is 0 Å². The van der Waals surface area contributed by atoms with Gasteiger partial charge in [-0.2, -0.15) is 0 Å². The molecule has 2 N–H and O–H groups in total. The zero-order valence-electron chi connectivity index (χ0n) is 11.5. The zero-order valence-corrected chi connectivity index (χ0v) is 11.5. The van der Waals surface area contributed by atoms with Crippen molar-refractivity contribution in [1.29, 1.82) is 0 Å². The molecule has 2 atom stereocenters. The fourth-order valence-electron chi connectivity index (χ4n) is 2.41. The first kappa shape index (κ1) is 14.5. The van der Waals surface area contributed by atoms with E-state index in [-0.39, 0.29) is 11.8 Å². The Balaban J connectivity index is 2.24. The smallest absolute Gasteiger partial charge is 0.224 e. The Kier molecular flexibility index (Phi) is 6.52. The molecule has 1 heterocycles. The normalized spacial score (nSPS) is 24.9. The van der Waals surface area contributed by atoms with Crippen LogP contribution < -0.4 is 10.6 Å². The van der Waals surface area contributed by atoms with Gasteiger partial charge in [0.1, 0.15) is 0 Å². The summed E-state index contributed by atoms with van der Waals surface area (Å²) in [5.41, 5.74) is 0. The van der Waals surface area contributed by atoms with Gasteiger partial charge in [0, 0.05) is 19.1 Å². The van der Waals surface area contributed by atoms with E-state index in [9.17, 15) is 4.79 Å². The van der Waals surface area contributed by atoms with Crippen LogP contribution in [0.4, 0.5) is 0 Å². The minimum absolute atomic E-state index is 0.153. The molecule has 0 aromatic rings. The molecule has 0 aromatic heterocycles. The topological polar surface area (TPSA) is 44.4 Å². The molecule has 100 valence electrons. The van der Waals surface area contributed by atoms with Crippen molar-refractivity contribution in [3.8, 4) is 0 Å². The van der Waals surface area contributed by atoms with E-state index in [1.165, 1.54) is 0 Å². The number of hydrogen-bond acceptors (Lipinski definition) is 3. The maximum atomic E-state index is 12.0. The fourth-order valence-corrected chi connectivity index (χ4v) is 2.41. The number of carbonyl (C=O) groups is 1. The highest BCUT2D eigenvalue weighted by Gasteiger charge is 2.26. The molecule has 0 radical (unpaired) electrons. The van der Waals surface area contributed by atoms with E-state index < -0.39 is 0 Å². The number of hydrogen-bond donors (Lipinski definition) is 2. The number of rotatable bonds is 6. The summed E-state index contributed by atoms with van der Waals surface area (Å²) >= 11 is 0. The summed E-state index contributed by atoms with van der Waals surface area (Å²) < 4.78 is 0. The first-order valence-corrected chi connectivity index (χ1v) is 6.92. The molecule has 17 heavy (non-hydrogen) atoms. The van der Waals surface area contributed by atoms with Gasteiger partial charge in [0.15, 0.2) is 0 Å². The van der Waals surface area contributed by atoms with E-state index in [0.717, 1.165) is 45.6 Å². The molecule has 1 saturated heterocycles. The molecule has 0 spiro atoms. The molecular formula is C13H27N3O. The van der Waals surface area contributed by atoms with Crippen LogP contribution in [0.1, 0.15) is 33.6 Å². The van der Waals surface area contributed by atoms with Crippen molar-refractivity contribution in [1.82, 2.24) is 15.5 Å². The molecule has 1 fully saturated rings. The van der Waals surface area contributed by atoms with E-state index >= 15 is 0 Å². The zero-order chi connectivity index (χ0) is 12.7. The lowest BCUT2D eigenvalue weighted by atomic mass is 9.91. The monoisotopic (exact) mass is 241 g/mol. The molecule has 4 heteroatoms. The van der Waals surface area contributed by atoms with Gasteiger partial charge < -0.3 is 15.5 Å². The summed E-state index contributed by atoms with van der Waals surface area (Å²) in [4.78, 5) is 14.3. The average Bonchev–Trinajstić information content (AvgIpc) is 2.35. The average molecular weight is 241 g/mol. The molecule has 0 bridgehead atoms. The molecule has 0 aliphatic carbocycles. The third-order valence-electron chi connectivity index (χ3n) is 3.72. The highest BCUT2D eigenvalue weighted by molar-refractivity contribution is 5.79. The molecule has 0 saturated carbocycles. The van der Waals surface area contributed by atoms with Crippen LogP contribution in [-0.4, -0.2) is 49.6 Å². The summed E-state index contributed by atoms with van der Waals surface area (Å²) in [7, 11) is 0. The summed E-state index contributed by atoms with van der Waals surface area (Å²) in [6.45, 7) is 11.3. The molecular weight excluding hydrogens is 214 g/mol. The van der Waals surface area contributed by atoms with Crippen LogP contribution in [-0.2, 0) is 4.79 Å². The lowest BCUT2D eigenvalue weighted by Crippen LogP contribution is -2.47. The van der Waals surface area contributed by atoms with Crippen molar-refractivity contribution in [3.63, 3.8) is 0 Å². The number of piperidine rings is 1. The van der Waals surface area contributed by atoms with Crippen molar-refractivity contribution in [2.24, 2.45) is 5.92 Å². The van der Waals surface area contributed by atoms with Gasteiger partial charge in [-0.15, -0.1) is 0 Å². The second kappa shape index (κ2) is 7.67. The lowest BCUT2D eigenvalue weighted by Gasteiger charge is -2.29. The van der Waals surface area contributed by atoms with Crippen LogP contribution in [0, 0.1) is 5.92 Å². The van der Waals surface area contributed by atoms with Gasteiger partial charge >= 0.3 is 0 Å². The third kappa shape index (κ3) is 4.64. The number of carbonyl (C=O) groups excluding carboxylic acids is 1. The van der Waals surface area contributed by atoms with E-state index in [2.05, 4.69) is 36.3 Å². The van der Waals surface area contributed by atoms with E-state index in [1.807, 2.05) is 0 Å². The molecule has 0 unspecified atom stereocenters. The van der Waals surface area contributed by atoms with Gasteiger partial charge in [0.25, 0.3) is 0 Å². The second-order valence-electron chi connectivity index (χ2n) is 4.81. The van der Waals surface area contributed by atoms with Crippen molar-refractivity contribution < 1.29 is 4.79 Å². The van der Waals surface area contributed by atoms with Gasteiger partial charge in [0.05, 0.1) is 5.92 Å². The highest BCUT2D eigenvalue weighted by atomic mass is 16.1. The minimum Gasteiger partial charge on any atom is -0.355 e. The largest absolute Gasteiger partial charge is 0.355 e. The third-order valence-corrected chi connectivity index (χ3v) is 3.72. The Bertz CT molecular complexity index is 229. The number of nitrogens with zero attached hydrogens (tertiary/aromatic N) is 1. The van der Waals surface area contributed by atoms with Crippen LogP contribution in [0.25, 0.3) is 0 Å². The molecule has 0 aromatic carbocycles. The molecule has 4 nitrogen and oxygen atoms in total. The molecule has 1 aliphatic rings. The first-order valence-electron chi connectivity index (χ1n) is 6.92. The van der Waals surface area contributed by atoms with E-state index in [0.29, 0.717) is 6.04 Å². The van der Waals surface area contributed by atoms with Crippen molar-refractivity contribution in [3.05, 3.63) is 0 Å². The standard InChI is InChI=1S/C13H27N3O/c1-4-16(5-2)10-9-15-13(17)12-7-6-8-14-11(12)3/h11-12,14H,4-10H2,1-3H3,(H,15,17)/t11-,12-/m0/s1.